The molecule has 2 aliphatic rings. The fourth-order valence-electron chi connectivity index (χ4n) is 4.06. The van der Waals surface area contributed by atoms with Crippen molar-refractivity contribution < 1.29 is 14.0 Å². The Morgan fingerprint density at radius 3 is 2.63 bits per heavy atom. The van der Waals surface area contributed by atoms with Gasteiger partial charge >= 0.3 is 0 Å². The molecule has 3 atom stereocenters. The van der Waals surface area contributed by atoms with E-state index < -0.39 is 5.41 Å². The van der Waals surface area contributed by atoms with Crippen molar-refractivity contribution in [2.75, 3.05) is 13.6 Å². The molecule has 3 rings (SSSR count). The number of Topliss-reactive ketones (excluding diaryl/α,β-unsaturated/α-hetero) is 1. The van der Waals surface area contributed by atoms with Gasteiger partial charge in [0.2, 0.25) is 5.91 Å². The van der Waals surface area contributed by atoms with Gasteiger partial charge in [-0.2, -0.15) is 5.26 Å². The molecule has 0 bridgehead atoms. The Kier molecular flexibility index (Phi) is 5.19. The monoisotopic (exact) mass is 368 g/mol. The van der Waals surface area contributed by atoms with E-state index in [0.717, 1.165) is 18.4 Å². The number of nitrogens with zero attached hydrogens (tertiary/aromatic N) is 2. The van der Waals surface area contributed by atoms with E-state index >= 15 is 0 Å². The summed E-state index contributed by atoms with van der Waals surface area (Å²) >= 11 is 0. The molecule has 0 aromatic heterocycles. The molecule has 1 fully saturated rings. The topological polar surface area (TPSA) is 61.2 Å². The summed E-state index contributed by atoms with van der Waals surface area (Å²) in [6, 6.07) is 8.38. The van der Waals surface area contributed by atoms with Gasteiger partial charge in [-0.15, -0.1) is 0 Å². The Morgan fingerprint density at radius 1 is 1.33 bits per heavy atom. The number of ketones is 1. The van der Waals surface area contributed by atoms with Crippen LogP contribution < -0.4 is 0 Å². The van der Waals surface area contributed by atoms with E-state index in [9.17, 15) is 19.2 Å². The van der Waals surface area contributed by atoms with Crippen LogP contribution in [-0.2, 0) is 9.59 Å². The van der Waals surface area contributed by atoms with Gasteiger partial charge in [0.25, 0.3) is 0 Å². The molecule has 0 aliphatic heterocycles. The van der Waals surface area contributed by atoms with E-state index in [-0.39, 0.29) is 40.8 Å². The van der Waals surface area contributed by atoms with Crippen LogP contribution in [0.15, 0.2) is 35.9 Å². The van der Waals surface area contributed by atoms with Crippen molar-refractivity contribution in [3.05, 3.63) is 47.3 Å². The second kappa shape index (κ2) is 7.26. The smallest absolute Gasteiger partial charge is 0.226 e. The quantitative estimate of drug-likeness (QED) is 0.793. The predicted molar refractivity (Wildman–Crippen MR) is 100 cm³/mol. The largest absolute Gasteiger partial charge is 0.345 e. The highest BCUT2D eigenvalue weighted by atomic mass is 19.1. The summed E-state index contributed by atoms with van der Waals surface area (Å²) in [6.45, 7) is 4.34. The number of nitriles is 1. The second-order valence-electron chi connectivity index (χ2n) is 8.42. The van der Waals surface area contributed by atoms with Crippen LogP contribution in [0, 0.1) is 34.4 Å². The van der Waals surface area contributed by atoms with Gasteiger partial charge in [0, 0.05) is 24.9 Å². The minimum atomic E-state index is -0.531. The minimum Gasteiger partial charge on any atom is -0.345 e. The highest BCUT2D eigenvalue weighted by Gasteiger charge is 2.45. The number of carbonyl (C=O) groups is 2. The van der Waals surface area contributed by atoms with Crippen LogP contribution in [0.3, 0.4) is 0 Å². The number of carbonyl (C=O) groups excluding carboxylic acids is 2. The fraction of sp³-hybridized carbons (Fsp3) is 0.500. The van der Waals surface area contributed by atoms with Crippen molar-refractivity contribution >= 4 is 11.7 Å². The Balaban J connectivity index is 1.55. The van der Waals surface area contributed by atoms with Gasteiger partial charge in [-0.05, 0) is 48.8 Å². The van der Waals surface area contributed by atoms with Gasteiger partial charge in [-0.1, -0.05) is 32.1 Å². The summed E-state index contributed by atoms with van der Waals surface area (Å²) in [4.78, 5) is 26.6. The maximum atomic E-state index is 13.0. The zero-order chi connectivity index (χ0) is 19.8. The number of hydrogen-bond donors (Lipinski definition) is 0. The van der Waals surface area contributed by atoms with Crippen LogP contribution in [0.2, 0.25) is 0 Å². The van der Waals surface area contributed by atoms with Crippen molar-refractivity contribution in [2.24, 2.45) is 17.3 Å². The lowest BCUT2D eigenvalue weighted by Gasteiger charge is -2.32. The Bertz CT molecular complexity index is 820. The second-order valence-corrected chi connectivity index (χ2v) is 8.42. The Morgan fingerprint density at radius 2 is 2.00 bits per heavy atom. The van der Waals surface area contributed by atoms with Crippen molar-refractivity contribution in [3.8, 4) is 6.07 Å². The average Bonchev–Trinajstić information content (AvgIpc) is 3.42. The molecule has 1 amide bonds. The Labute approximate surface area is 159 Å². The van der Waals surface area contributed by atoms with Gasteiger partial charge in [0.15, 0.2) is 5.78 Å². The molecule has 1 aromatic carbocycles. The summed E-state index contributed by atoms with van der Waals surface area (Å²) in [5, 5.41) is 9.19. The third-order valence-corrected chi connectivity index (χ3v) is 5.77. The molecule has 5 heteroatoms. The first-order chi connectivity index (χ1) is 12.7. The van der Waals surface area contributed by atoms with Gasteiger partial charge < -0.3 is 4.90 Å². The van der Waals surface area contributed by atoms with Gasteiger partial charge in [0.05, 0.1) is 5.57 Å². The standard InChI is InChI=1S/C22H25FN2O2/c1-22(2)12-14(10-16(13-24)20(22)26)8-9-25(3)21(27)19-11-18(19)15-4-6-17(23)7-5-15/h4-7,10,14,18-19H,8-9,11-12H2,1-3H3/t14-,18?,19?/m1/s1. The van der Waals surface area contributed by atoms with Crippen LogP contribution in [0.4, 0.5) is 4.39 Å². The molecular formula is C22H25FN2O2. The molecule has 0 heterocycles. The van der Waals surface area contributed by atoms with E-state index in [4.69, 9.17) is 0 Å². The van der Waals surface area contributed by atoms with Crippen LogP contribution in [0.1, 0.15) is 44.6 Å². The van der Waals surface area contributed by atoms with Crippen LogP contribution in [-0.4, -0.2) is 30.2 Å². The number of halogens is 1. The normalized spacial score (nSPS) is 26.1. The van der Waals surface area contributed by atoms with Crippen LogP contribution in [0.5, 0.6) is 0 Å². The maximum absolute atomic E-state index is 13.0. The van der Waals surface area contributed by atoms with Crippen LogP contribution in [0.25, 0.3) is 0 Å². The number of rotatable bonds is 5. The fourth-order valence-corrected chi connectivity index (χ4v) is 4.06. The van der Waals surface area contributed by atoms with E-state index in [1.807, 2.05) is 19.9 Å². The van der Waals surface area contributed by atoms with Crippen molar-refractivity contribution in [3.63, 3.8) is 0 Å². The van der Waals surface area contributed by atoms with Crippen LogP contribution >= 0.6 is 0 Å². The lowest BCUT2D eigenvalue weighted by molar-refractivity contribution is -0.131. The van der Waals surface area contributed by atoms with Crippen molar-refractivity contribution in [2.45, 2.75) is 39.0 Å². The molecule has 0 saturated heterocycles. The van der Waals surface area contributed by atoms with E-state index in [0.29, 0.717) is 13.0 Å². The number of hydrogen-bond acceptors (Lipinski definition) is 3. The van der Waals surface area contributed by atoms with E-state index in [2.05, 4.69) is 0 Å². The molecule has 0 N–H and O–H groups in total. The summed E-state index contributed by atoms with van der Waals surface area (Å²) in [5.41, 5.74) is 0.720. The lowest BCUT2D eigenvalue weighted by atomic mass is 9.71. The first-order valence-electron chi connectivity index (χ1n) is 9.40. The number of benzene rings is 1. The van der Waals surface area contributed by atoms with E-state index in [1.165, 1.54) is 12.1 Å². The van der Waals surface area contributed by atoms with Crippen molar-refractivity contribution in [1.82, 2.24) is 4.90 Å². The third kappa shape index (κ3) is 4.10. The molecule has 2 unspecified atom stereocenters. The summed E-state index contributed by atoms with van der Waals surface area (Å²) in [5.74, 6) is 0.0189. The van der Waals surface area contributed by atoms with E-state index in [1.54, 1.807) is 30.2 Å². The minimum absolute atomic E-state index is 0.0324. The lowest BCUT2D eigenvalue weighted by Crippen LogP contribution is -2.35. The highest BCUT2D eigenvalue weighted by Crippen LogP contribution is 2.48. The number of allylic oxidation sites excluding steroid dienone is 2. The summed E-state index contributed by atoms with van der Waals surface area (Å²) in [7, 11) is 1.80. The highest BCUT2D eigenvalue weighted by molar-refractivity contribution is 6.03. The SMILES string of the molecule is CN(CC[C@@H]1C=C(C#N)C(=O)C(C)(C)C1)C(=O)C1CC1c1ccc(F)cc1. The first-order valence-corrected chi connectivity index (χ1v) is 9.40. The molecule has 1 saturated carbocycles. The third-order valence-electron chi connectivity index (χ3n) is 5.77. The molecule has 2 aliphatic carbocycles. The molecule has 4 nitrogen and oxygen atoms in total. The maximum Gasteiger partial charge on any atom is 0.226 e. The average molecular weight is 368 g/mol. The summed E-state index contributed by atoms with van der Waals surface area (Å²) < 4.78 is 13.0. The zero-order valence-electron chi connectivity index (χ0n) is 16.0. The molecule has 1 aromatic rings. The van der Waals surface area contributed by atoms with Gasteiger partial charge in [-0.3, -0.25) is 9.59 Å². The molecular weight excluding hydrogens is 343 g/mol. The van der Waals surface area contributed by atoms with Gasteiger partial charge in [-0.25, -0.2) is 4.39 Å². The Hall–Kier alpha value is -2.48. The number of amides is 1. The first kappa shape index (κ1) is 19.3. The zero-order valence-corrected chi connectivity index (χ0v) is 16.0. The van der Waals surface area contributed by atoms with Crippen molar-refractivity contribution in [1.29, 1.82) is 5.26 Å². The van der Waals surface area contributed by atoms with Gasteiger partial charge in [0.1, 0.15) is 11.9 Å². The molecule has 27 heavy (non-hydrogen) atoms. The summed E-state index contributed by atoms with van der Waals surface area (Å²) in [6.07, 6.45) is 4.00. The molecule has 0 radical (unpaired) electrons. The molecule has 142 valence electrons. The predicted octanol–water partition coefficient (Wildman–Crippen LogP) is 3.84. The molecule has 0 spiro atoms.